The van der Waals surface area contributed by atoms with Gasteiger partial charge in [-0.2, -0.15) is 0 Å². The van der Waals surface area contributed by atoms with E-state index >= 15 is 0 Å². The van der Waals surface area contributed by atoms with Crippen LogP contribution in [-0.4, -0.2) is 36.2 Å². The van der Waals surface area contributed by atoms with E-state index in [-0.39, 0.29) is 22.9 Å². The fourth-order valence-electron chi connectivity index (χ4n) is 2.62. The van der Waals surface area contributed by atoms with Crippen molar-refractivity contribution in [3.8, 4) is 0 Å². The summed E-state index contributed by atoms with van der Waals surface area (Å²) in [7, 11) is 0. The van der Waals surface area contributed by atoms with Gasteiger partial charge in [0.2, 0.25) is 0 Å². The summed E-state index contributed by atoms with van der Waals surface area (Å²) in [5.74, 6) is -0.548. The van der Waals surface area contributed by atoms with Gasteiger partial charge in [-0.1, -0.05) is 12.1 Å². The Kier molecular flexibility index (Phi) is 5.98. The van der Waals surface area contributed by atoms with Crippen molar-refractivity contribution in [1.29, 1.82) is 0 Å². The number of anilines is 1. The van der Waals surface area contributed by atoms with Crippen LogP contribution in [0.2, 0.25) is 0 Å². The Morgan fingerprint density at radius 2 is 2.00 bits per heavy atom. The average molecular weight is 373 g/mol. The molecule has 7 nitrogen and oxygen atoms in total. The molecule has 1 unspecified atom stereocenters. The molecular formula is C18H19N3O4S. The first kappa shape index (κ1) is 18.1. The Bertz CT molecular complexity index is 785. The number of benzene rings is 1. The molecule has 3 N–H and O–H groups in total. The molecule has 0 aliphatic carbocycles. The minimum absolute atomic E-state index is 0.0627. The number of hydrogen-bond acceptors (Lipinski definition) is 5. The number of thiocarbonyl (C=S) groups is 1. The molecule has 1 fully saturated rings. The number of furan rings is 1. The van der Waals surface area contributed by atoms with Crippen LogP contribution in [0.15, 0.2) is 47.1 Å². The first-order chi connectivity index (χ1) is 12.6. The zero-order valence-corrected chi connectivity index (χ0v) is 14.8. The smallest absolute Gasteiger partial charge is 0.293 e. The molecule has 1 aromatic heterocycles. The maximum Gasteiger partial charge on any atom is 0.293 e. The number of nitrogens with one attached hydrogen (secondary N) is 3. The summed E-state index contributed by atoms with van der Waals surface area (Å²) in [6, 6.07) is 10.1. The number of carbonyl (C=O) groups is 2. The van der Waals surface area contributed by atoms with E-state index in [9.17, 15) is 9.59 Å². The Morgan fingerprint density at radius 1 is 1.15 bits per heavy atom. The highest BCUT2D eigenvalue weighted by atomic mass is 32.1. The standard InChI is InChI=1S/C18H19N3O4S/c22-16(19-11-12-5-3-9-24-12)13-6-1-2-7-14(13)20-18(26)21-17(23)15-8-4-10-25-15/h1-2,4,6-8,10,12H,3,5,9,11H2,(H,19,22)(H2,20,21,23,26). The summed E-state index contributed by atoms with van der Waals surface area (Å²) in [6.07, 6.45) is 3.43. The molecule has 1 aromatic carbocycles. The number of ether oxygens (including phenoxy) is 1. The molecule has 0 saturated carbocycles. The van der Waals surface area contributed by atoms with Crippen LogP contribution >= 0.6 is 12.2 Å². The molecular weight excluding hydrogens is 354 g/mol. The average Bonchev–Trinajstić information content (AvgIpc) is 3.33. The maximum atomic E-state index is 12.5. The highest BCUT2D eigenvalue weighted by molar-refractivity contribution is 7.80. The highest BCUT2D eigenvalue weighted by Crippen LogP contribution is 2.16. The molecule has 0 radical (unpaired) electrons. The van der Waals surface area contributed by atoms with Gasteiger partial charge in [-0.05, 0) is 49.3 Å². The molecule has 26 heavy (non-hydrogen) atoms. The van der Waals surface area contributed by atoms with E-state index in [0.29, 0.717) is 17.8 Å². The topological polar surface area (TPSA) is 92.6 Å². The van der Waals surface area contributed by atoms with Gasteiger partial charge >= 0.3 is 0 Å². The van der Waals surface area contributed by atoms with Gasteiger partial charge in [0, 0.05) is 13.2 Å². The summed E-state index contributed by atoms with van der Waals surface area (Å²) in [5.41, 5.74) is 0.933. The molecule has 0 spiro atoms. The van der Waals surface area contributed by atoms with Crippen molar-refractivity contribution in [2.45, 2.75) is 18.9 Å². The summed E-state index contributed by atoms with van der Waals surface area (Å²) < 4.78 is 10.5. The monoisotopic (exact) mass is 373 g/mol. The molecule has 1 aliphatic rings. The van der Waals surface area contributed by atoms with Crippen LogP contribution in [0.4, 0.5) is 5.69 Å². The van der Waals surface area contributed by atoms with Crippen molar-refractivity contribution in [3.63, 3.8) is 0 Å². The van der Waals surface area contributed by atoms with Gasteiger partial charge in [0.05, 0.1) is 23.6 Å². The third-order valence-corrected chi connectivity index (χ3v) is 4.11. The molecule has 2 aromatic rings. The van der Waals surface area contributed by atoms with Crippen molar-refractivity contribution in [2.24, 2.45) is 0 Å². The lowest BCUT2D eigenvalue weighted by molar-refractivity contribution is 0.0858. The zero-order valence-electron chi connectivity index (χ0n) is 14.0. The summed E-state index contributed by atoms with van der Waals surface area (Å²) in [4.78, 5) is 24.4. The third-order valence-electron chi connectivity index (χ3n) is 3.91. The van der Waals surface area contributed by atoms with Crippen LogP contribution in [0.3, 0.4) is 0 Å². The van der Waals surface area contributed by atoms with E-state index in [1.807, 2.05) is 0 Å². The van der Waals surface area contributed by atoms with Crippen LogP contribution in [0.1, 0.15) is 33.8 Å². The number of para-hydroxylation sites is 1. The Balaban J connectivity index is 1.59. The van der Waals surface area contributed by atoms with Crippen molar-refractivity contribution in [1.82, 2.24) is 10.6 Å². The number of carbonyl (C=O) groups excluding carboxylic acids is 2. The lowest BCUT2D eigenvalue weighted by Gasteiger charge is -2.14. The molecule has 1 saturated heterocycles. The van der Waals surface area contributed by atoms with E-state index in [1.165, 1.54) is 12.3 Å². The Labute approximate surface area is 156 Å². The van der Waals surface area contributed by atoms with Gasteiger partial charge in [-0.3, -0.25) is 14.9 Å². The molecule has 1 aliphatic heterocycles. The third kappa shape index (κ3) is 4.68. The van der Waals surface area contributed by atoms with Gasteiger partial charge in [-0.15, -0.1) is 0 Å². The zero-order chi connectivity index (χ0) is 18.4. The van der Waals surface area contributed by atoms with E-state index in [4.69, 9.17) is 21.4 Å². The Morgan fingerprint density at radius 3 is 2.73 bits per heavy atom. The van der Waals surface area contributed by atoms with E-state index in [1.54, 1.807) is 30.3 Å². The second kappa shape index (κ2) is 8.59. The van der Waals surface area contributed by atoms with Crippen LogP contribution in [0, 0.1) is 0 Å². The second-order valence-electron chi connectivity index (χ2n) is 5.78. The van der Waals surface area contributed by atoms with Crippen LogP contribution in [0.5, 0.6) is 0 Å². The fourth-order valence-corrected chi connectivity index (χ4v) is 2.83. The molecule has 3 rings (SSSR count). The normalized spacial score (nSPS) is 16.1. The summed E-state index contributed by atoms with van der Waals surface area (Å²) in [5, 5.41) is 8.33. The first-order valence-corrected chi connectivity index (χ1v) is 8.69. The summed E-state index contributed by atoms with van der Waals surface area (Å²) in [6.45, 7) is 1.20. The second-order valence-corrected chi connectivity index (χ2v) is 6.18. The molecule has 136 valence electrons. The van der Waals surface area contributed by atoms with Gasteiger partial charge in [-0.25, -0.2) is 0 Å². The summed E-state index contributed by atoms with van der Waals surface area (Å²) >= 11 is 5.15. The lowest BCUT2D eigenvalue weighted by Crippen LogP contribution is -2.35. The number of rotatable bonds is 5. The van der Waals surface area contributed by atoms with Crippen molar-refractivity contribution >= 4 is 34.8 Å². The predicted octanol–water partition coefficient (Wildman–Crippen LogP) is 2.32. The van der Waals surface area contributed by atoms with E-state index < -0.39 is 5.91 Å². The van der Waals surface area contributed by atoms with Gasteiger partial charge in [0.1, 0.15) is 0 Å². The molecule has 8 heteroatoms. The molecule has 2 amide bonds. The van der Waals surface area contributed by atoms with Crippen LogP contribution in [0.25, 0.3) is 0 Å². The van der Waals surface area contributed by atoms with Crippen molar-refractivity contribution in [2.75, 3.05) is 18.5 Å². The van der Waals surface area contributed by atoms with Crippen molar-refractivity contribution < 1.29 is 18.7 Å². The SMILES string of the molecule is O=C(NC(=S)Nc1ccccc1C(=O)NCC1CCCO1)c1ccco1. The molecule has 0 bridgehead atoms. The van der Waals surface area contributed by atoms with Gasteiger partial charge < -0.3 is 19.8 Å². The van der Waals surface area contributed by atoms with E-state index in [0.717, 1.165) is 19.4 Å². The fraction of sp³-hybridized carbons (Fsp3) is 0.278. The van der Waals surface area contributed by atoms with Crippen LogP contribution in [-0.2, 0) is 4.74 Å². The predicted molar refractivity (Wildman–Crippen MR) is 100 cm³/mol. The number of amides is 2. The highest BCUT2D eigenvalue weighted by Gasteiger charge is 2.18. The number of hydrogen-bond donors (Lipinski definition) is 3. The Hall–Kier alpha value is -2.71. The molecule has 2 heterocycles. The lowest BCUT2D eigenvalue weighted by atomic mass is 10.1. The van der Waals surface area contributed by atoms with Crippen LogP contribution < -0.4 is 16.0 Å². The van der Waals surface area contributed by atoms with E-state index in [2.05, 4.69) is 16.0 Å². The van der Waals surface area contributed by atoms with Crippen molar-refractivity contribution in [3.05, 3.63) is 54.0 Å². The van der Waals surface area contributed by atoms with Gasteiger partial charge in [0.25, 0.3) is 11.8 Å². The molecule has 1 atom stereocenters. The minimum atomic E-state index is -0.465. The first-order valence-electron chi connectivity index (χ1n) is 8.28. The maximum absolute atomic E-state index is 12.5. The minimum Gasteiger partial charge on any atom is -0.459 e. The largest absolute Gasteiger partial charge is 0.459 e. The van der Waals surface area contributed by atoms with Gasteiger partial charge in [0.15, 0.2) is 10.9 Å². The quantitative estimate of drug-likeness (QED) is 0.697.